The van der Waals surface area contributed by atoms with E-state index in [1.54, 1.807) is 11.3 Å². The minimum absolute atomic E-state index is 0.717. The minimum atomic E-state index is 0.717. The largest absolute Gasteiger partial charge is 0.383 e. The Morgan fingerprint density at radius 3 is 2.60 bits per heavy atom. The first kappa shape index (κ1) is 13.4. The predicted molar refractivity (Wildman–Crippen MR) is 88.4 cm³/mol. The van der Waals surface area contributed by atoms with E-state index in [0.717, 1.165) is 32.7 Å². The van der Waals surface area contributed by atoms with E-state index >= 15 is 0 Å². The quantitative estimate of drug-likeness (QED) is 0.757. The Balaban J connectivity index is 2.21. The van der Waals surface area contributed by atoms with Crippen molar-refractivity contribution in [3.05, 3.63) is 51.8 Å². The maximum atomic E-state index is 6.29. The third-order valence-corrected chi connectivity index (χ3v) is 5.05. The molecule has 102 valence electrons. The second kappa shape index (κ2) is 5.42. The molecule has 20 heavy (non-hydrogen) atoms. The van der Waals surface area contributed by atoms with Crippen LogP contribution in [0, 0.1) is 0 Å². The molecule has 0 spiro atoms. The maximum Gasteiger partial charge on any atom is 0.131 e. The molecule has 0 aliphatic rings. The summed E-state index contributed by atoms with van der Waals surface area (Å²) >= 11 is 5.25. The lowest BCUT2D eigenvalue weighted by Gasteiger charge is -2.03. The molecule has 0 saturated carbocycles. The highest BCUT2D eigenvalue weighted by Gasteiger charge is 2.19. The molecule has 2 heterocycles. The van der Waals surface area contributed by atoms with Crippen molar-refractivity contribution in [1.29, 1.82) is 0 Å². The summed E-state index contributed by atoms with van der Waals surface area (Å²) in [6, 6.07) is 12.0. The highest BCUT2D eigenvalue weighted by atomic mass is 79.9. The second-order valence-corrected chi connectivity index (χ2v) is 6.18. The van der Waals surface area contributed by atoms with E-state index in [1.807, 2.05) is 41.1 Å². The van der Waals surface area contributed by atoms with E-state index in [9.17, 15) is 0 Å². The fraction of sp³-hybridized carbons (Fsp3) is 0.133. The van der Waals surface area contributed by atoms with Crippen LogP contribution in [0.3, 0.4) is 0 Å². The number of anilines is 1. The standard InChI is InChI=1S/C15H14BrN3S/c1-2-11-13(14-12(16)8-9-20-14)18-19(15(11)17)10-6-4-3-5-7-10/h3-9H,2,17H2,1H3. The summed E-state index contributed by atoms with van der Waals surface area (Å²) in [5, 5.41) is 6.78. The van der Waals surface area contributed by atoms with Gasteiger partial charge in [0, 0.05) is 10.0 Å². The van der Waals surface area contributed by atoms with Crippen molar-refractivity contribution in [2.75, 3.05) is 5.73 Å². The van der Waals surface area contributed by atoms with Gasteiger partial charge < -0.3 is 5.73 Å². The molecule has 0 saturated heterocycles. The first-order valence-corrected chi connectivity index (χ1v) is 8.05. The highest BCUT2D eigenvalue weighted by molar-refractivity contribution is 9.10. The lowest BCUT2D eigenvalue weighted by Crippen LogP contribution is -2.02. The fourth-order valence-corrected chi connectivity index (χ4v) is 3.79. The normalized spacial score (nSPS) is 10.9. The van der Waals surface area contributed by atoms with E-state index in [0.29, 0.717) is 5.82 Å². The van der Waals surface area contributed by atoms with Gasteiger partial charge in [0.25, 0.3) is 0 Å². The van der Waals surface area contributed by atoms with Crippen LogP contribution < -0.4 is 5.73 Å². The number of nitrogens with zero attached hydrogens (tertiary/aromatic N) is 2. The monoisotopic (exact) mass is 347 g/mol. The molecule has 0 bridgehead atoms. The summed E-state index contributed by atoms with van der Waals surface area (Å²) in [6.07, 6.45) is 0.859. The summed E-state index contributed by atoms with van der Waals surface area (Å²) in [7, 11) is 0. The molecule has 0 aliphatic carbocycles. The van der Waals surface area contributed by atoms with Crippen LogP contribution in [0.5, 0.6) is 0 Å². The molecule has 0 atom stereocenters. The molecule has 1 aromatic carbocycles. The Morgan fingerprint density at radius 2 is 2.00 bits per heavy atom. The number of benzene rings is 1. The molecule has 5 heteroatoms. The van der Waals surface area contributed by atoms with E-state index in [1.165, 1.54) is 0 Å². The van der Waals surface area contributed by atoms with Crippen molar-refractivity contribution >= 4 is 33.1 Å². The van der Waals surface area contributed by atoms with Crippen LogP contribution in [0.25, 0.3) is 16.3 Å². The summed E-state index contributed by atoms with van der Waals surface area (Å²) in [5.41, 5.74) is 9.34. The SMILES string of the molecule is CCc1c(-c2sccc2Br)nn(-c2ccccc2)c1N. The van der Waals surface area contributed by atoms with Crippen molar-refractivity contribution in [3.63, 3.8) is 0 Å². The molecule has 2 aromatic heterocycles. The first-order valence-electron chi connectivity index (χ1n) is 6.38. The van der Waals surface area contributed by atoms with Crippen LogP contribution in [0.2, 0.25) is 0 Å². The number of aromatic nitrogens is 2. The summed E-state index contributed by atoms with van der Waals surface area (Å²) in [4.78, 5) is 1.13. The molecule has 3 nitrogen and oxygen atoms in total. The predicted octanol–water partition coefficient (Wildman–Crippen LogP) is 4.51. The molecule has 3 aromatic rings. The lowest BCUT2D eigenvalue weighted by molar-refractivity contribution is 0.895. The van der Waals surface area contributed by atoms with Crippen LogP contribution in [0.1, 0.15) is 12.5 Å². The average molecular weight is 348 g/mol. The van der Waals surface area contributed by atoms with Crippen LogP contribution in [0.15, 0.2) is 46.3 Å². The van der Waals surface area contributed by atoms with Gasteiger partial charge in [-0.15, -0.1) is 11.3 Å². The number of hydrogen-bond acceptors (Lipinski definition) is 3. The van der Waals surface area contributed by atoms with Crippen LogP contribution >= 0.6 is 27.3 Å². The number of nitrogen functional groups attached to an aromatic ring is 1. The van der Waals surface area contributed by atoms with Gasteiger partial charge in [-0.25, -0.2) is 4.68 Å². The van der Waals surface area contributed by atoms with Crippen molar-refractivity contribution in [2.45, 2.75) is 13.3 Å². The number of para-hydroxylation sites is 1. The minimum Gasteiger partial charge on any atom is -0.383 e. The second-order valence-electron chi connectivity index (χ2n) is 4.41. The van der Waals surface area contributed by atoms with Crippen molar-refractivity contribution in [1.82, 2.24) is 9.78 Å². The number of nitrogens with two attached hydrogens (primary N) is 1. The Hall–Kier alpha value is -1.59. The zero-order valence-corrected chi connectivity index (χ0v) is 13.4. The van der Waals surface area contributed by atoms with Gasteiger partial charge in [0.05, 0.1) is 10.6 Å². The van der Waals surface area contributed by atoms with Gasteiger partial charge in [0.15, 0.2) is 0 Å². The molecule has 0 aliphatic heterocycles. The molecule has 0 fully saturated rings. The summed E-state index contributed by atoms with van der Waals surface area (Å²) in [6.45, 7) is 2.10. The van der Waals surface area contributed by atoms with Gasteiger partial charge in [-0.1, -0.05) is 25.1 Å². The van der Waals surface area contributed by atoms with Gasteiger partial charge in [0.2, 0.25) is 0 Å². The summed E-state index contributed by atoms with van der Waals surface area (Å²) in [5.74, 6) is 0.717. The Bertz CT molecular complexity index is 731. The first-order chi connectivity index (χ1) is 9.72. The van der Waals surface area contributed by atoms with Crippen LogP contribution in [-0.2, 0) is 6.42 Å². The molecule has 3 rings (SSSR count). The molecule has 0 unspecified atom stereocenters. The Kier molecular flexibility index (Phi) is 3.63. The number of hydrogen-bond donors (Lipinski definition) is 1. The fourth-order valence-electron chi connectivity index (χ4n) is 2.22. The number of thiophene rings is 1. The van der Waals surface area contributed by atoms with E-state index in [4.69, 9.17) is 10.8 Å². The van der Waals surface area contributed by atoms with E-state index in [-0.39, 0.29) is 0 Å². The zero-order chi connectivity index (χ0) is 14.1. The van der Waals surface area contributed by atoms with Crippen LogP contribution in [0.4, 0.5) is 5.82 Å². The lowest BCUT2D eigenvalue weighted by atomic mass is 10.1. The Morgan fingerprint density at radius 1 is 1.25 bits per heavy atom. The van der Waals surface area contributed by atoms with Gasteiger partial charge in [0.1, 0.15) is 11.5 Å². The van der Waals surface area contributed by atoms with Crippen LogP contribution in [-0.4, -0.2) is 9.78 Å². The van der Waals surface area contributed by atoms with Gasteiger partial charge in [-0.3, -0.25) is 0 Å². The number of rotatable bonds is 3. The summed E-state index contributed by atoms with van der Waals surface area (Å²) < 4.78 is 2.88. The van der Waals surface area contributed by atoms with Crippen molar-refractivity contribution < 1.29 is 0 Å². The Labute approximate surface area is 130 Å². The molecule has 0 amide bonds. The highest BCUT2D eigenvalue weighted by Crippen LogP contribution is 2.37. The van der Waals surface area contributed by atoms with Gasteiger partial charge in [-0.2, -0.15) is 5.10 Å². The molecular formula is C15H14BrN3S. The van der Waals surface area contributed by atoms with Gasteiger partial charge >= 0.3 is 0 Å². The molecule has 2 N–H and O–H groups in total. The maximum absolute atomic E-state index is 6.29. The van der Waals surface area contributed by atoms with Crippen molar-refractivity contribution in [3.8, 4) is 16.3 Å². The third kappa shape index (κ3) is 2.17. The molecular weight excluding hydrogens is 334 g/mol. The van der Waals surface area contributed by atoms with Gasteiger partial charge in [-0.05, 0) is 45.9 Å². The van der Waals surface area contributed by atoms with E-state index < -0.39 is 0 Å². The number of halogens is 1. The zero-order valence-electron chi connectivity index (χ0n) is 11.0. The third-order valence-electron chi connectivity index (χ3n) is 3.21. The average Bonchev–Trinajstić information content (AvgIpc) is 3.03. The van der Waals surface area contributed by atoms with Crippen molar-refractivity contribution in [2.24, 2.45) is 0 Å². The molecule has 0 radical (unpaired) electrons. The van der Waals surface area contributed by atoms with E-state index in [2.05, 4.69) is 28.2 Å². The smallest absolute Gasteiger partial charge is 0.131 e. The topological polar surface area (TPSA) is 43.8 Å².